The number of rotatable bonds is 5. The Morgan fingerprint density at radius 2 is 2.20 bits per heavy atom. The summed E-state index contributed by atoms with van der Waals surface area (Å²) in [5.74, 6) is 0. The molecule has 0 aromatic carbocycles. The van der Waals surface area contributed by atoms with Gasteiger partial charge in [-0.15, -0.1) is 23.1 Å². The van der Waals surface area contributed by atoms with Gasteiger partial charge in [0.2, 0.25) is 0 Å². The van der Waals surface area contributed by atoms with Gasteiger partial charge in [-0.1, -0.05) is 18.5 Å². The van der Waals surface area contributed by atoms with Crippen LogP contribution in [0.15, 0.2) is 12.1 Å². The van der Waals surface area contributed by atoms with Crippen molar-refractivity contribution in [3.8, 4) is 0 Å². The smallest absolute Gasteiger partial charge is 0.0931 e. The normalized spacial score (nSPS) is 17.4. The lowest BCUT2D eigenvalue weighted by Gasteiger charge is -2.21. The number of aliphatic hydroxyl groups is 1. The Balaban J connectivity index is 2.74. The summed E-state index contributed by atoms with van der Waals surface area (Å²) in [6.45, 7) is 4.15. The quantitative estimate of drug-likeness (QED) is 0.861. The zero-order chi connectivity index (χ0) is 11.4. The molecular weight excluding hydrogens is 250 g/mol. The van der Waals surface area contributed by atoms with Gasteiger partial charge in [-0.3, -0.25) is 0 Å². The Morgan fingerprint density at radius 1 is 1.53 bits per heavy atom. The van der Waals surface area contributed by atoms with Gasteiger partial charge in [0, 0.05) is 16.2 Å². The van der Waals surface area contributed by atoms with Gasteiger partial charge in [0.05, 0.1) is 16.2 Å². The van der Waals surface area contributed by atoms with E-state index >= 15 is 0 Å². The van der Waals surface area contributed by atoms with Gasteiger partial charge >= 0.3 is 0 Å². The minimum absolute atomic E-state index is 0.0544. The molecule has 86 valence electrons. The van der Waals surface area contributed by atoms with E-state index in [1.807, 2.05) is 26.0 Å². The van der Waals surface area contributed by atoms with Gasteiger partial charge in [-0.25, -0.2) is 0 Å². The molecule has 0 saturated heterocycles. The molecule has 0 fully saturated rings. The maximum absolute atomic E-state index is 9.03. The summed E-state index contributed by atoms with van der Waals surface area (Å²) in [5.41, 5.74) is 5.94. The van der Waals surface area contributed by atoms with Crippen molar-refractivity contribution in [1.29, 1.82) is 0 Å². The first-order chi connectivity index (χ1) is 7.04. The lowest BCUT2D eigenvalue weighted by atomic mass is 10.2. The lowest BCUT2D eigenvalue weighted by molar-refractivity contribution is 0.299. The summed E-state index contributed by atoms with van der Waals surface area (Å²) in [6, 6.07) is 3.96. The topological polar surface area (TPSA) is 46.2 Å². The van der Waals surface area contributed by atoms with Crippen molar-refractivity contribution < 1.29 is 5.11 Å². The summed E-state index contributed by atoms with van der Waals surface area (Å²) in [6.07, 6.45) is 0. The third kappa shape index (κ3) is 3.96. The van der Waals surface area contributed by atoms with E-state index in [2.05, 4.69) is 0 Å². The van der Waals surface area contributed by atoms with Crippen LogP contribution in [0.3, 0.4) is 0 Å². The minimum Gasteiger partial charge on any atom is -0.395 e. The highest BCUT2D eigenvalue weighted by Gasteiger charge is 2.21. The maximum atomic E-state index is 9.03. The first-order valence-corrected chi connectivity index (χ1v) is 6.95. The Labute approximate surface area is 104 Å². The van der Waals surface area contributed by atoms with Gasteiger partial charge in [0.25, 0.3) is 0 Å². The molecule has 15 heavy (non-hydrogen) atoms. The summed E-state index contributed by atoms with van der Waals surface area (Å²) >= 11 is 9.15. The molecule has 2 nitrogen and oxygen atoms in total. The molecule has 0 aliphatic rings. The van der Waals surface area contributed by atoms with E-state index in [9.17, 15) is 0 Å². The van der Waals surface area contributed by atoms with Crippen LogP contribution in [-0.4, -0.2) is 23.0 Å². The SMILES string of the molecule is CC(CO)SC(c1ccc(Cl)s1)C(C)N. The van der Waals surface area contributed by atoms with Crippen molar-refractivity contribution in [2.24, 2.45) is 5.73 Å². The van der Waals surface area contributed by atoms with Crippen LogP contribution in [0.1, 0.15) is 24.0 Å². The molecule has 0 radical (unpaired) electrons. The lowest BCUT2D eigenvalue weighted by Crippen LogP contribution is -2.24. The van der Waals surface area contributed by atoms with Crippen LogP contribution in [0, 0.1) is 0 Å². The number of thiophene rings is 1. The molecule has 0 spiro atoms. The zero-order valence-electron chi connectivity index (χ0n) is 8.81. The van der Waals surface area contributed by atoms with Crippen molar-refractivity contribution in [3.05, 3.63) is 21.3 Å². The molecular formula is C10H16ClNOS2. The van der Waals surface area contributed by atoms with Crippen LogP contribution in [-0.2, 0) is 0 Å². The number of hydrogen-bond acceptors (Lipinski definition) is 4. The average molecular weight is 266 g/mol. The van der Waals surface area contributed by atoms with Crippen LogP contribution in [0.25, 0.3) is 0 Å². The predicted octanol–water partition coefficient (Wildman–Crippen LogP) is 2.90. The molecule has 3 unspecified atom stereocenters. The van der Waals surface area contributed by atoms with E-state index in [0.29, 0.717) is 0 Å². The Hall–Kier alpha value is 0.260. The number of thioether (sulfide) groups is 1. The summed E-state index contributed by atoms with van der Waals surface area (Å²) in [4.78, 5) is 1.18. The highest BCUT2D eigenvalue weighted by atomic mass is 35.5. The fraction of sp³-hybridized carbons (Fsp3) is 0.600. The molecule has 1 aromatic rings. The number of aliphatic hydroxyl groups excluding tert-OH is 1. The second-order valence-corrected chi connectivity index (χ2v) is 6.88. The molecule has 0 saturated carbocycles. The maximum Gasteiger partial charge on any atom is 0.0931 e. The van der Waals surface area contributed by atoms with Crippen molar-refractivity contribution in [3.63, 3.8) is 0 Å². The summed E-state index contributed by atoms with van der Waals surface area (Å²) < 4.78 is 0.785. The summed E-state index contributed by atoms with van der Waals surface area (Å²) in [5, 5.41) is 9.44. The van der Waals surface area contributed by atoms with E-state index in [0.717, 1.165) is 4.34 Å². The molecule has 0 bridgehead atoms. The molecule has 0 amide bonds. The largest absolute Gasteiger partial charge is 0.395 e. The van der Waals surface area contributed by atoms with E-state index in [-0.39, 0.29) is 23.1 Å². The van der Waals surface area contributed by atoms with Crippen molar-refractivity contribution in [2.75, 3.05) is 6.61 Å². The molecule has 1 heterocycles. The van der Waals surface area contributed by atoms with Crippen LogP contribution in [0.4, 0.5) is 0 Å². The van der Waals surface area contributed by atoms with Crippen LogP contribution >= 0.6 is 34.7 Å². The fourth-order valence-electron chi connectivity index (χ4n) is 1.22. The second-order valence-electron chi connectivity index (χ2n) is 3.55. The number of halogens is 1. The van der Waals surface area contributed by atoms with Crippen LogP contribution in [0.5, 0.6) is 0 Å². The van der Waals surface area contributed by atoms with E-state index in [4.69, 9.17) is 22.4 Å². The van der Waals surface area contributed by atoms with Crippen molar-refractivity contribution in [2.45, 2.75) is 30.4 Å². The molecule has 0 aliphatic carbocycles. The van der Waals surface area contributed by atoms with Crippen LogP contribution < -0.4 is 5.73 Å². The second kappa shape index (κ2) is 6.11. The number of hydrogen-bond donors (Lipinski definition) is 2. The van der Waals surface area contributed by atoms with Gasteiger partial charge in [0.15, 0.2) is 0 Å². The molecule has 1 rings (SSSR count). The third-order valence-corrected chi connectivity index (χ3v) is 5.04. The summed E-state index contributed by atoms with van der Waals surface area (Å²) in [7, 11) is 0. The van der Waals surface area contributed by atoms with Crippen molar-refractivity contribution in [1.82, 2.24) is 0 Å². The van der Waals surface area contributed by atoms with Crippen LogP contribution in [0.2, 0.25) is 4.34 Å². The molecule has 3 N–H and O–H groups in total. The fourth-order valence-corrected chi connectivity index (χ4v) is 3.74. The molecule has 0 aliphatic heterocycles. The van der Waals surface area contributed by atoms with Gasteiger partial charge in [-0.2, -0.15) is 0 Å². The zero-order valence-corrected chi connectivity index (χ0v) is 11.2. The Morgan fingerprint density at radius 3 is 2.60 bits per heavy atom. The van der Waals surface area contributed by atoms with Crippen molar-refractivity contribution >= 4 is 34.7 Å². The Kier molecular flexibility index (Phi) is 5.43. The van der Waals surface area contributed by atoms with Gasteiger partial charge in [-0.05, 0) is 19.1 Å². The predicted molar refractivity (Wildman–Crippen MR) is 69.9 cm³/mol. The first kappa shape index (κ1) is 13.3. The van der Waals surface area contributed by atoms with Gasteiger partial charge in [0.1, 0.15) is 0 Å². The van der Waals surface area contributed by atoms with E-state index < -0.39 is 0 Å². The third-order valence-electron chi connectivity index (χ3n) is 1.99. The standard InChI is InChI=1S/C10H16ClNOS2/c1-6(5-13)14-10(7(2)12)8-3-4-9(11)15-8/h3-4,6-7,10,13H,5,12H2,1-2H3. The molecule has 3 atom stereocenters. The monoisotopic (exact) mass is 265 g/mol. The Bertz CT molecular complexity index is 303. The van der Waals surface area contributed by atoms with Gasteiger partial charge < -0.3 is 10.8 Å². The minimum atomic E-state index is 0.0544. The highest BCUT2D eigenvalue weighted by Crippen LogP contribution is 2.39. The highest BCUT2D eigenvalue weighted by molar-refractivity contribution is 8.00. The molecule has 5 heteroatoms. The first-order valence-electron chi connectivity index (χ1n) is 4.81. The number of nitrogens with two attached hydrogens (primary N) is 1. The molecule has 1 aromatic heterocycles. The average Bonchev–Trinajstić information content (AvgIpc) is 2.60. The van der Waals surface area contributed by atoms with E-state index in [1.54, 1.807) is 23.1 Å². The van der Waals surface area contributed by atoms with E-state index in [1.165, 1.54) is 4.88 Å².